The zero-order valence-electron chi connectivity index (χ0n) is 9.60. The minimum atomic E-state index is 0.414. The first-order valence-corrected chi connectivity index (χ1v) is 6.30. The summed E-state index contributed by atoms with van der Waals surface area (Å²) in [5.41, 5.74) is 3.81. The molecule has 0 unspecified atom stereocenters. The van der Waals surface area contributed by atoms with Crippen LogP contribution < -0.4 is 16.6 Å². The number of thiophene rings is 1. The highest BCUT2D eigenvalue weighted by Gasteiger charge is 2.03. The number of hydrazine groups is 1. The van der Waals surface area contributed by atoms with Crippen molar-refractivity contribution in [2.45, 2.75) is 19.9 Å². The van der Waals surface area contributed by atoms with Gasteiger partial charge < -0.3 is 5.32 Å². The van der Waals surface area contributed by atoms with Gasteiger partial charge >= 0.3 is 0 Å². The summed E-state index contributed by atoms with van der Waals surface area (Å²) >= 11 is 1.76. The van der Waals surface area contributed by atoms with Crippen molar-refractivity contribution >= 4 is 23.1 Å². The van der Waals surface area contributed by atoms with Gasteiger partial charge in [0.15, 0.2) is 0 Å². The number of aryl methyl sites for hydroxylation is 1. The van der Waals surface area contributed by atoms with Gasteiger partial charge in [0, 0.05) is 11.1 Å². The van der Waals surface area contributed by atoms with Crippen molar-refractivity contribution < 1.29 is 0 Å². The zero-order valence-corrected chi connectivity index (χ0v) is 10.4. The van der Waals surface area contributed by atoms with E-state index in [1.165, 1.54) is 10.4 Å². The van der Waals surface area contributed by atoms with E-state index in [9.17, 15) is 0 Å². The van der Waals surface area contributed by atoms with Crippen molar-refractivity contribution in [2.24, 2.45) is 5.84 Å². The summed E-state index contributed by atoms with van der Waals surface area (Å²) in [6.07, 6.45) is 2.72. The minimum Gasteiger partial charge on any atom is -0.365 e. The fraction of sp³-hybridized carbons (Fsp3) is 0.273. The summed E-state index contributed by atoms with van der Waals surface area (Å²) in [7, 11) is 0. The third-order valence-electron chi connectivity index (χ3n) is 2.43. The molecule has 0 atom stereocenters. The van der Waals surface area contributed by atoms with E-state index in [0.717, 1.165) is 18.8 Å². The van der Waals surface area contributed by atoms with Gasteiger partial charge in [0.2, 0.25) is 5.95 Å². The van der Waals surface area contributed by atoms with E-state index in [0.29, 0.717) is 5.95 Å². The molecule has 0 saturated carbocycles. The third kappa shape index (κ3) is 2.92. The molecule has 0 spiro atoms. The maximum absolute atomic E-state index is 5.25. The Morgan fingerprint density at radius 3 is 3.06 bits per heavy atom. The molecule has 0 aromatic carbocycles. The van der Waals surface area contributed by atoms with Crippen LogP contribution in [-0.4, -0.2) is 9.97 Å². The zero-order chi connectivity index (χ0) is 12.1. The quantitative estimate of drug-likeness (QED) is 0.558. The van der Waals surface area contributed by atoms with Gasteiger partial charge in [-0.25, -0.2) is 10.8 Å². The molecule has 2 rings (SSSR count). The van der Waals surface area contributed by atoms with Gasteiger partial charge in [0.25, 0.3) is 0 Å². The van der Waals surface area contributed by atoms with Gasteiger partial charge in [-0.3, -0.25) is 5.43 Å². The van der Waals surface area contributed by atoms with E-state index < -0.39 is 0 Å². The molecule has 0 aliphatic heterocycles. The van der Waals surface area contributed by atoms with E-state index in [1.807, 2.05) is 6.07 Å². The van der Waals surface area contributed by atoms with E-state index in [-0.39, 0.29) is 0 Å². The van der Waals surface area contributed by atoms with Crippen LogP contribution >= 0.6 is 11.3 Å². The standard InChI is InChI=1S/C11H15N5S/c1-2-8-4-6-17-9(8)7-14-10-3-5-13-11(15-10)16-12/h3-6H,2,7,12H2,1H3,(H2,13,14,15,16). The average Bonchev–Trinajstić information content (AvgIpc) is 2.84. The van der Waals surface area contributed by atoms with Crippen molar-refractivity contribution in [3.63, 3.8) is 0 Å². The molecule has 0 bridgehead atoms. The highest BCUT2D eigenvalue weighted by molar-refractivity contribution is 7.10. The molecule has 0 fully saturated rings. The SMILES string of the molecule is CCc1ccsc1CNc1ccnc(NN)n1. The second-order valence-electron chi connectivity index (χ2n) is 3.49. The van der Waals surface area contributed by atoms with Crippen molar-refractivity contribution in [1.29, 1.82) is 0 Å². The Morgan fingerprint density at radius 1 is 1.41 bits per heavy atom. The summed E-state index contributed by atoms with van der Waals surface area (Å²) in [5, 5.41) is 5.37. The van der Waals surface area contributed by atoms with E-state index in [1.54, 1.807) is 17.5 Å². The third-order valence-corrected chi connectivity index (χ3v) is 3.40. The van der Waals surface area contributed by atoms with Crippen LogP contribution in [0, 0.1) is 0 Å². The molecule has 2 heterocycles. The highest BCUT2D eigenvalue weighted by Crippen LogP contribution is 2.18. The predicted octanol–water partition coefficient (Wildman–Crippen LogP) is 2.00. The van der Waals surface area contributed by atoms with Crippen molar-refractivity contribution in [3.8, 4) is 0 Å². The first kappa shape index (κ1) is 11.8. The molecular formula is C11H15N5S. The molecule has 0 amide bonds. The number of aromatic nitrogens is 2. The Labute approximate surface area is 104 Å². The van der Waals surface area contributed by atoms with Gasteiger partial charge in [-0.15, -0.1) is 11.3 Å². The monoisotopic (exact) mass is 249 g/mol. The van der Waals surface area contributed by atoms with E-state index >= 15 is 0 Å². The molecule has 17 heavy (non-hydrogen) atoms. The molecule has 0 aliphatic carbocycles. The summed E-state index contributed by atoms with van der Waals surface area (Å²) in [5.74, 6) is 6.44. The van der Waals surface area contributed by atoms with Crippen molar-refractivity contribution in [3.05, 3.63) is 34.2 Å². The first-order valence-electron chi connectivity index (χ1n) is 5.42. The second kappa shape index (κ2) is 5.60. The van der Waals surface area contributed by atoms with Gasteiger partial charge in [0.05, 0.1) is 6.54 Å². The molecule has 2 aromatic heterocycles. The largest absolute Gasteiger partial charge is 0.365 e. The highest BCUT2D eigenvalue weighted by atomic mass is 32.1. The van der Waals surface area contributed by atoms with Crippen LogP contribution in [0.2, 0.25) is 0 Å². The lowest BCUT2D eigenvalue weighted by Crippen LogP contribution is -2.11. The first-order chi connectivity index (χ1) is 8.33. The molecule has 90 valence electrons. The number of hydrogen-bond donors (Lipinski definition) is 3. The Hall–Kier alpha value is -1.66. The topological polar surface area (TPSA) is 75.9 Å². The lowest BCUT2D eigenvalue weighted by atomic mass is 10.2. The smallest absolute Gasteiger partial charge is 0.239 e. The van der Waals surface area contributed by atoms with Crippen LogP contribution in [0.25, 0.3) is 0 Å². The molecular weight excluding hydrogens is 234 g/mol. The van der Waals surface area contributed by atoms with Gasteiger partial charge in [-0.05, 0) is 29.5 Å². The van der Waals surface area contributed by atoms with Crippen LogP contribution in [0.1, 0.15) is 17.4 Å². The van der Waals surface area contributed by atoms with Crippen molar-refractivity contribution in [1.82, 2.24) is 9.97 Å². The lowest BCUT2D eigenvalue weighted by Gasteiger charge is -2.06. The number of nitrogens with two attached hydrogens (primary N) is 1. The molecule has 5 nitrogen and oxygen atoms in total. The maximum atomic E-state index is 5.25. The van der Waals surface area contributed by atoms with Crippen LogP contribution in [-0.2, 0) is 13.0 Å². The predicted molar refractivity (Wildman–Crippen MR) is 70.9 cm³/mol. The molecule has 0 saturated heterocycles. The molecule has 4 N–H and O–H groups in total. The maximum Gasteiger partial charge on any atom is 0.239 e. The Kier molecular flexibility index (Phi) is 3.89. The van der Waals surface area contributed by atoms with Crippen LogP contribution in [0.3, 0.4) is 0 Å². The average molecular weight is 249 g/mol. The molecule has 2 aromatic rings. The Bertz CT molecular complexity index is 482. The summed E-state index contributed by atoms with van der Waals surface area (Å²) in [6, 6.07) is 3.98. The van der Waals surface area contributed by atoms with E-state index in [4.69, 9.17) is 5.84 Å². The van der Waals surface area contributed by atoms with Gasteiger partial charge in [0.1, 0.15) is 5.82 Å². The van der Waals surface area contributed by atoms with Crippen molar-refractivity contribution in [2.75, 3.05) is 10.7 Å². The number of nitrogens with one attached hydrogen (secondary N) is 2. The van der Waals surface area contributed by atoms with Gasteiger partial charge in [-0.1, -0.05) is 6.92 Å². The van der Waals surface area contributed by atoms with Gasteiger partial charge in [-0.2, -0.15) is 4.98 Å². The summed E-state index contributed by atoms with van der Waals surface area (Å²) in [6.45, 7) is 2.94. The molecule has 0 radical (unpaired) electrons. The minimum absolute atomic E-state index is 0.414. The Balaban J connectivity index is 2.02. The number of anilines is 2. The normalized spacial score (nSPS) is 10.2. The lowest BCUT2D eigenvalue weighted by molar-refractivity contribution is 1.05. The summed E-state index contributed by atoms with van der Waals surface area (Å²) in [4.78, 5) is 9.49. The fourth-order valence-electron chi connectivity index (χ4n) is 1.53. The number of nitrogens with zero attached hydrogens (tertiary/aromatic N) is 2. The fourth-order valence-corrected chi connectivity index (χ4v) is 2.45. The van der Waals surface area contributed by atoms with Crippen LogP contribution in [0.4, 0.5) is 11.8 Å². The number of nitrogen functional groups attached to an aromatic ring is 1. The molecule has 6 heteroatoms. The molecule has 0 aliphatic rings. The second-order valence-corrected chi connectivity index (χ2v) is 4.49. The summed E-state index contributed by atoms with van der Waals surface area (Å²) < 4.78 is 0. The number of rotatable bonds is 5. The number of hydrogen-bond acceptors (Lipinski definition) is 6. The van der Waals surface area contributed by atoms with Crippen LogP contribution in [0.5, 0.6) is 0 Å². The Morgan fingerprint density at radius 2 is 2.29 bits per heavy atom. The van der Waals surface area contributed by atoms with E-state index in [2.05, 4.69) is 39.1 Å². The van der Waals surface area contributed by atoms with Crippen LogP contribution in [0.15, 0.2) is 23.7 Å².